The van der Waals surface area contributed by atoms with Gasteiger partial charge in [0.2, 0.25) is 0 Å². The lowest BCUT2D eigenvalue weighted by Gasteiger charge is -2.30. The van der Waals surface area contributed by atoms with Crippen molar-refractivity contribution in [3.05, 3.63) is 28.8 Å². The largest absolute Gasteiger partial charge is 0.452 e. The Hall–Kier alpha value is -2.49. The molecule has 30 heavy (non-hydrogen) atoms. The number of anilines is 1. The zero-order valence-corrected chi connectivity index (χ0v) is 17.2. The fraction of sp³-hybridized carbons (Fsp3) is 0.526. The molecule has 1 saturated heterocycles. The standard InChI is InChI=1S/C19H22ClF3N2O5/c1-11-3-4-14(20)9-15(11)24-16(26)12(2)30-17(27)13-5-7-25(8-6-13)18(28)29-10-19(21,22)23/h3-4,9,12-13H,5-8,10H2,1-2H3,(H,24,26)/t12-/m0/s1. The molecule has 0 aliphatic carbocycles. The maximum atomic E-state index is 12.3. The lowest BCUT2D eigenvalue weighted by molar-refractivity contribution is -0.163. The highest BCUT2D eigenvalue weighted by Gasteiger charge is 2.34. The molecule has 0 aromatic heterocycles. The number of carbonyl (C=O) groups excluding carboxylic acids is 3. The molecule has 1 fully saturated rings. The topological polar surface area (TPSA) is 84.9 Å². The lowest BCUT2D eigenvalue weighted by Crippen LogP contribution is -2.42. The monoisotopic (exact) mass is 450 g/mol. The summed E-state index contributed by atoms with van der Waals surface area (Å²) in [6.45, 7) is 1.66. The third kappa shape index (κ3) is 7.08. The van der Waals surface area contributed by atoms with Gasteiger partial charge in [-0.15, -0.1) is 0 Å². The van der Waals surface area contributed by atoms with E-state index in [4.69, 9.17) is 16.3 Å². The van der Waals surface area contributed by atoms with Crippen molar-refractivity contribution in [2.75, 3.05) is 25.0 Å². The molecule has 0 saturated carbocycles. The van der Waals surface area contributed by atoms with Crippen molar-refractivity contribution in [2.45, 2.75) is 39.0 Å². The summed E-state index contributed by atoms with van der Waals surface area (Å²) in [6.07, 6.45) is -6.35. The van der Waals surface area contributed by atoms with E-state index in [0.717, 1.165) is 10.5 Å². The van der Waals surface area contributed by atoms with Crippen LogP contribution in [0.4, 0.5) is 23.7 Å². The molecular weight excluding hydrogens is 429 g/mol. The van der Waals surface area contributed by atoms with Crippen LogP contribution in [0.5, 0.6) is 0 Å². The van der Waals surface area contributed by atoms with Crippen LogP contribution in [-0.4, -0.2) is 54.8 Å². The highest BCUT2D eigenvalue weighted by Crippen LogP contribution is 2.23. The van der Waals surface area contributed by atoms with Gasteiger partial charge in [-0.1, -0.05) is 17.7 Å². The van der Waals surface area contributed by atoms with E-state index in [1.54, 1.807) is 25.1 Å². The number of carbonyl (C=O) groups is 3. The third-order valence-corrected chi connectivity index (χ3v) is 4.80. The minimum absolute atomic E-state index is 0.0543. The highest BCUT2D eigenvalue weighted by atomic mass is 35.5. The summed E-state index contributed by atoms with van der Waals surface area (Å²) in [7, 11) is 0. The number of rotatable bonds is 5. The number of halogens is 4. The summed E-state index contributed by atoms with van der Waals surface area (Å²) in [5.41, 5.74) is 1.29. The van der Waals surface area contributed by atoms with E-state index in [-0.39, 0.29) is 25.9 Å². The van der Waals surface area contributed by atoms with E-state index in [9.17, 15) is 27.6 Å². The molecule has 2 amide bonds. The molecule has 1 aliphatic heterocycles. The van der Waals surface area contributed by atoms with Gasteiger partial charge in [-0.3, -0.25) is 9.59 Å². The number of benzene rings is 1. The second-order valence-corrected chi connectivity index (χ2v) is 7.40. The smallest absolute Gasteiger partial charge is 0.422 e. The SMILES string of the molecule is Cc1ccc(Cl)cc1NC(=O)[C@H](C)OC(=O)C1CCN(C(=O)OCC(F)(F)F)CC1. The van der Waals surface area contributed by atoms with E-state index in [2.05, 4.69) is 10.1 Å². The second kappa shape index (κ2) is 10.0. The van der Waals surface area contributed by atoms with E-state index in [1.807, 2.05) is 0 Å². The van der Waals surface area contributed by atoms with Gasteiger partial charge in [0.1, 0.15) is 0 Å². The molecule has 1 heterocycles. The number of aryl methyl sites for hydroxylation is 1. The molecule has 1 N–H and O–H groups in total. The van der Waals surface area contributed by atoms with Crippen LogP contribution in [0.1, 0.15) is 25.3 Å². The number of hydrogen-bond donors (Lipinski definition) is 1. The Morgan fingerprint density at radius 1 is 1.27 bits per heavy atom. The van der Waals surface area contributed by atoms with E-state index in [0.29, 0.717) is 10.7 Å². The Balaban J connectivity index is 1.80. The Labute approximate surface area is 176 Å². The molecule has 0 bridgehead atoms. The van der Waals surface area contributed by atoms with Crippen LogP contribution in [-0.2, 0) is 19.1 Å². The number of amides is 2. The first-order valence-corrected chi connectivity index (χ1v) is 9.60. The third-order valence-electron chi connectivity index (χ3n) is 4.57. The quantitative estimate of drug-likeness (QED) is 0.687. The zero-order chi connectivity index (χ0) is 22.5. The zero-order valence-electron chi connectivity index (χ0n) is 16.4. The van der Waals surface area contributed by atoms with Gasteiger partial charge in [0, 0.05) is 23.8 Å². The van der Waals surface area contributed by atoms with E-state index >= 15 is 0 Å². The molecule has 2 rings (SSSR count). The maximum absolute atomic E-state index is 12.3. The van der Waals surface area contributed by atoms with Gasteiger partial charge in [0.15, 0.2) is 12.7 Å². The highest BCUT2D eigenvalue weighted by molar-refractivity contribution is 6.31. The molecule has 1 aromatic rings. The molecule has 1 aromatic carbocycles. The van der Waals surface area contributed by atoms with Crippen LogP contribution in [0, 0.1) is 12.8 Å². The molecule has 0 radical (unpaired) electrons. The summed E-state index contributed by atoms with van der Waals surface area (Å²) in [5.74, 6) is -1.70. The molecule has 0 spiro atoms. The maximum Gasteiger partial charge on any atom is 0.422 e. The minimum Gasteiger partial charge on any atom is -0.452 e. The van der Waals surface area contributed by atoms with Gasteiger partial charge in [-0.25, -0.2) is 4.79 Å². The van der Waals surface area contributed by atoms with Crippen molar-refractivity contribution >= 4 is 35.3 Å². The lowest BCUT2D eigenvalue weighted by atomic mass is 9.97. The Morgan fingerprint density at radius 3 is 2.50 bits per heavy atom. The van der Waals surface area contributed by atoms with Crippen molar-refractivity contribution in [1.29, 1.82) is 0 Å². The number of likely N-dealkylation sites (tertiary alicyclic amines) is 1. The van der Waals surface area contributed by atoms with Crippen molar-refractivity contribution in [3.8, 4) is 0 Å². The van der Waals surface area contributed by atoms with E-state index < -0.39 is 42.8 Å². The first kappa shape index (κ1) is 23.8. The number of nitrogens with zero attached hydrogens (tertiary/aromatic N) is 1. The number of ether oxygens (including phenoxy) is 2. The van der Waals surface area contributed by atoms with Crippen LogP contribution < -0.4 is 5.32 Å². The number of piperidine rings is 1. The number of alkyl halides is 3. The van der Waals surface area contributed by atoms with Gasteiger partial charge in [-0.2, -0.15) is 13.2 Å². The van der Waals surface area contributed by atoms with Crippen LogP contribution in [0.3, 0.4) is 0 Å². The molecule has 0 unspecified atom stereocenters. The Morgan fingerprint density at radius 2 is 1.90 bits per heavy atom. The summed E-state index contributed by atoms with van der Waals surface area (Å²) in [6, 6.07) is 5.00. The summed E-state index contributed by atoms with van der Waals surface area (Å²) < 4.78 is 45.8. The normalized spacial score (nSPS) is 16.0. The predicted molar refractivity (Wildman–Crippen MR) is 102 cm³/mol. The fourth-order valence-corrected chi connectivity index (χ4v) is 2.99. The predicted octanol–water partition coefficient (Wildman–Crippen LogP) is 3.93. The van der Waals surface area contributed by atoms with Crippen LogP contribution in [0.2, 0.25) is 5.02 Å². The van der Waals surface area contributed by atoms with Gasteiger partial charge < -0.3 is 19.7 Å². The molecule has 166 valence electrons. The first-order valence-electron chi connectivity index (χ1n) is 9.22. The summed E-state index contributed by atoms with van der Waals surface area (Å²) >= 11 is 5.91. The summed E-state index contributed by atoms with van der Waals surface area (Å²) in [5, 5.41) is 3.09. The first-order chi connectivity index (χ1) is 14.0. The van der Waals surface area contributed by atoms with Crippen LogP contribution >= 0.6 is 11.6 Å². The average Bonchev–Trinajstić information content (AvgIpc) is 2.68. The Bertz CT molecular complexity index is 795. The molecule has 1 atom stereocenters. The molecular formula is C19H22ClF3N2O5. The minimum atomic E-state index is -4.60. The van der Waals surface area contributed by atoms with Crippen molar-refractivity contribution in [1.82, 2.24) is 4.90 Å². The molecule has 1 aliphatic rings. The van der Waals surface area contributed by atoms with Crippen molar-refractivity contribution < 1.29 is 37.0 Å². The van der Waals surface area contributed by atoms with Crippen molar-refractivity contribution in [3.63, 3.8) is 0 Å². The second-order valence-electron chi connectivity index (χ2n) is 6.96. The van der Waals surface area contributed by atoms with Gasteiger partial charge in [0.25, 0.3) is 5.91 Å². The van der Waals surface area contributed by atoms with Crippen LogP contribution in [0.25, 0.3) is 0 Å². The van der Waals surface area contributed by atoms with E-state index in [1.165, 1.54) is 6.92 Å². The van der Waals surface area contributed by atoms with Crippen molar-refractivity contribution in [2.24, 2.45) is 5.92 Å². The molecule has 11 heteroatoms. The number of nitrogens with one attached hydrogen (secondary N) is 1. The van der Waals surface area contributed by atoms with Gasteiger partial charge in [0.05, 0.1) is 5.92 Å². The summed E-state index contributed by atoms with van der Waals surface area (Å²) in [4.78, 5) is 37.4. The number of esters is 1. The van der Waals surface area contributed by atoms with Gasteiger partial charge >= 0.3 is 18.2 Å². The molecule has 7 nitrogen and oxygen atoms in total. The van der Waals surface area contributed by atoms with Crippen LogP contribution in [0.15, 0.2) is 18.2 Å². The Kier molecular flexibility index (Phi) is 7.94. The number of hydrogen-bond acceptors (Lipinski definition) is 5. The fourth-order valence-electron chi connectivity index (χ4n) is 2.82. The average molecular weight is 451 g/mol. The van der Waals surface area contributed by atoms with Gasteiger partial charge in [-0.05, 0) is 44.4 Å².